The van der Waals surface area contributed by atoms with Crippen molar-refractivity contribution in [2.45, 2.75) is 5.92 Å². The number of aromatic carboxylic acids is 1. The van der Waals surface area contributed by atoms with Gasteiger partial charge in [-0.2, -0.15) is 0 Å². The summed E-state index contributed by atoms with van der Waals surface area (Å²) in [5.74, 6) is -1.17. The van der Waals surface area contributed by atoms with E-state index < -0.39 is 12.1 Å². The first kappa shape index (κ1) is 17.7. The van der Waals surface area contributed by atoms with Crippen LogP contribution in [0, 0.1) is 0 Å². The van der Waals surface area contributed by atoms with E-state index in [4.69, 9.17) is 4.74 Å². The van der Waals surface area contributed by atoms with Crippen molar-refractivity contribution in [2.75, 3.05) is 18.6 Å². The van der Waals surface area contributed by atoms with Gasteiger partial charge in [-0.05, 0) is 34.4 Å². The molecule has 4 rings (SSSR count). The smallest absolute Gasteiger partial charge is 0.415 e. The first-order chi connectivity index (χ1) is 13.6. The fraction of sp³-hybridized carbons (Fsp3) is 0.136. The molecule has 1 heterocycles. The Labute approximate surface area is 162 Å². The van der Waals surface area contributed by atoms with E-state index in [1.165, 1.54) is 25.4 Å². The number of nitrogens with zero attached hydrogens (tertiary/aromatic N) is 2. The summed E-state index contributed by atoms with van der Waals surface area (Å²) < 4.78 is 5.54. The van der Waals surface area contributed by atoms with Gasteiger partial charge in [-0.15, -0.1) is 0 Å². The summed E-state index contributed by atoms with van der Waals surface area (Å²) in [6, 6.07) is 19.0. The Morgan fingerprint density at radius 2 is 1.61 bits per heavy atom. The highest BCUT2D eigenvalue weighted by atomic mass is 16.6. The van der Waals surface area contributed by atoms with Crippen molar-refractivity contribution in [2.24, 2.45) is 0 Å². The summed E-state index contributed by atoms with van der Waals surface area (Å²) in [6.07, 6.45) is 0.790. The van der Waals surface area contributed by atoms with Crippen LogP contribution in [-0.2, 0) is 4.74 Å². The van der Waals surface area contributed by atoms with Crippen LogP contribution in [0.2, 0.25) is 0 Å². The molecule has 0 saturated carbocycles. The minimum atomic E-state index is -1.15. The molecule has 1 aromatic heterocycles. The van der Waals surface area contributed by atoms with Gasteiger partial charge in [0.25, 0.3) is 0 Å². The number of carbonyl (C=O) groups is 2. The van der Waals surface area contributed by atoms with E-state index in [9.17, 15) is 14.7 Å². The Kier molecular flexibility index (Phi) is 4.53. The summed E-state index contributed by atoms with van der Waals surface area (Å²) in [6.45, 7) is 0.159. The van der Waals surface area contributed by atoms with Crippen molar-refractivity contribution < 1.29 is 19.4 Å². The van der Waals surface area contributed by atoms with Gasteiger partial charge in [0.15, 0.2) is 5.82 Å². The lowest BCUT2D eigenvalue weighted by Gasteiger charge is -2.20. The second kappa shape index (κ2) is 7.15. The molecule has 0 bridgehead atoms. The zero-order chi connectivity index (χ0) is 19.7. The van der Waals surface area contributed by atoms with Gasteiger partial charge in [-0.3, -0.25) is 4.90 Å². The number of aromatic nitrogens is 1. The number of benzene rings is 2. The third-order valence-electron chi connectivity index (χ3n) is 4.94. The number of pyridine rings is 1. The van der Waals surface area contributed by atoms with Gasteiger partial charge in [0.05, 0.1) is 0 Å². The maximum absolute atomic E-state index is 12.6. The van der Waals surface area contributed by atoms with Crippen LogP contribution in [0.4, 0.5) is 10.6 Å². The highest BCUT2D eigenvalue weighted by molar-refractivity contribution is 5.98. The number of anilines is 1. The van der Waals surface area contributed by atoms with Gasteiger partial charge in [0.2, 0.25) is 0 Å². The molecule has 0 radical (unpaired) electrons. The predicted molar refractivity (Wildman–Crippen MR) is 105 cm³/mol. The number of rotatable bonds is 4. The molecular weight excluding hydrogens is 356 g/mol. The van der Waals surface area contributed by atoms with Gasteiger partial charge < -0.3 is 9.84 Å². The Morgan fingerprint density at radius 1 is 1.00 bits per heavy atom. The SMILES string of the molecule is CN(C(=O)OCC1c2ccccc2-c2ccccc21)c1ncccc1C(=O)O. The largest absolute Gasteiger partial charge is 0.478 e. The molecule has 28 heavy (non-hydrogen) atoms. The lowest BCUT2D eigenvalue weighted by atomic mass is 9.98. The predicted octanol–water partition coefficient (Wildman–Crippen LogP) is 4.17. The van der Waals surface area contributed by atoms with Crippen molar-refractivity contribution in [3.8, 4) is 11.1 Å². The zero-order valence-corrected chi connectivity index (χ0v) is 15.2. The molecule has 2 aromatic carbocycles. The average molecular weight is 374 g/mol. The first-order valence-electron chi connectivity index (χ1n) is 8.85. The van der Waals surface area contributed by atoms with Gasteiger partial charge in [0, 0.05) is 19.2 Å². The van der Waals surface area contributed by atoms with Crippen LogP contribution in [0.5, 0.6) is 0 Å². The molecule has 0 aliphatic heterocycles. The summed E-state index contributed by atoms with van der Waals surface area (Å²) in [5.41, 5.74) is 4.46. The Balaban J connectivity index is 1.55. The van der Waals surface area contributed by atoms with E-state index in [0.717, 1.165) is 27.2 Å². The van der Waals surface area contributed by atoms with Crippen molar-refractivity contribution >= 4 is 17.9 Å². The molecular formula is C22H18N2O4. The van der Waals surface area contributed by atoms with Crippen LogP contribution >= 0.6 is 0 Å². The fourth-order valence-electron chi connectivity index (χ4n) is 3.61. The van der Waals surface area contributed by atoms with Crippen LogP contribution < -0.4 is 4.90 Å². The van der Waals surface area contributed by atoms with Crippen molar-refractivity contribution in [3.63, 3.8) is 0 Å². The average Bonchev–Trinajstić information content (AvgIpc) is 3.05. The van der Waals surface area contributed by atoms with Crippen LogP contribution in [-0.4, -0.2) is 35.8 Å². The maximum Gasteiger partial charge on any atom is 0.415 e. The Bertz CT molecular complexity index is 1020. The van der Waals surface area contributed by atoms with Crippen LogP contribution in [0.25, 0.3) is 11.1 Å². The highest BCUT2D eigenvalue weighted by Gasteiger charge is 2.30. The molecule has 1 N–H and O–H groups in total. The van der Waals surface area contributed by atoms with E-state index in [1.54, 1.807) is 0 Å². The molecule has 1 amide bonds. The van der Waals surface area contributed by atoms with Gasteiger partial charge in [-0.25, -0.2) is 14.6 Å². The number of ether oxygens (including phenoxy) is 1. The third-order valence-corrected chi connectivity index (χ3v) is 4.94. The lowest BCUT2D eigenvalue weighted by Crippen LogP contribution is -2.30. The summed E-state index contributed by atoms with van der Waals surface area (Å²) >= 11 is 0. The van der Waals surface area contributed by atoms with E-state index in [-0.39, 0.29) is 23.9 Å². The van der Waals surface area contributed by atoms with Crippen molar-refractivity contribution in [3.05, 3.63) is 83.6 Å². The molecule has 1 aliphatic carbocycles. The quantitative estimate of drug-likeness (QED) is 0.742. The molecule has 0 unspecified atom stereocenters. The molecule has 0 fully saturated rings. The number of amides is 1. The number of carbonyl (C=O) groups excluding carboxylic acids is 1. The maximum atomic E-state index is 12.6. The minimum absolute atomic E-state index is 0.0484. The van der Waals surface area contributed by atoms with Crippen LogP contribution in [0.1, 0.15) is 27.4 Å². The second-order valence-electron chi connectivity index (χ2n) is 6.54. The summed E-state index contributed by atoms with van der Waals surface area (Å²) in [7, 11) is 1.45. The van der Waals surface area contributed by atoms with Gasteiger partial charge in [0.1, 0.15) is 12.2 Å². The van der Waals surface area contributed by atoms with E-state index in [1.807, 2.05) is 36.4 Å². The normalized spacial score (nSPS) is 12.2. The topological polar surface area (TPSA) is 79.7 Å². The number of hydrogen-bond acceptors (Lipinski definition) is 4. The molecule has 0 saturated heterocycles. The molecule has 0 spiro atoms. The third kappa shape index (κ3) is 2.99. The summed E-state index contributed by atoms with van der Waals surface area (Å²) in [4.78, 5) is 29.1. The van der Waals surface area contributed by atoms with Crippen molar-refractivity contribution in [1.29, 1.82) is 0 Å². The second-order valence-corrected chi connectivity index (χ2v) is 6.54. The standard InChI is InChI=1S/C22H18N2O4/c1-24(20-18(21(25)26)11-6-12-23-20)22(27)28-13-19-16-9-4-2-7-14(16)15-8-3-5-10-17(15)19/h2-12,19H,13H2,1H3,(H,25,26). The number of carboxylic acids is 1. The Morgan fingerprint density at radius 3 is 2.21 bits per heavy atom. The zero-order valence-electron chi connectivity index (χ0n) is 15.2. The van der Waals surface area contributed by atoms with Gasteiger partial charge >= 0.3 is 12.1 Å². The van der Waals surface area contributed by atoms with E-state index in [0.29, 0.717) is 0 Å². The molecule has 1 aliphatic rings. The molecule has 0 atom stereocenters. The fourth-order valence-corrected chi connectivity index (χ4v) is 3.61. The molecule has 6 heteroatoms. The number of hydrogen-bond donors (Lipinski definition) is 1. The molecule has 6 nitrogen and oxygen atoms in total. The number of carboxylic acid groups (broad SMARTS) is 1. The number of fused-ring (bicyclic) bond motifs is 3. The van der Waals surface area contributed by atoms with E-state index >= 15 is 0 Å². The molecule has 3 aromatic rings. The van der Waals surface area contributed by atoms with E-state index in [2.05, 4.69) is 17.1 Å². The lowest BCUT2D eigenvalue weighted by molar-refractivity contribution is 0.0697. The van der Waals surface area contributed by atoms with Crippen LogP contribution in [0.15, 0.2) is 66.9 Å². The first-order valence-corrected chi connectivity index (χ1v) is 8.85. The summed E-state index contributed by atoms with van der Waals surface area (Å²) in [5, 5.41) is 9.30. The minimum Gasteiger partial charge on any atom is -0.478 e. The van der Waals surface area contributed by atoms with Gasteiger partial charge in [-0.1, -0.05) is 48.5 Å². The monoisotopic (exact) mass is 374 g/mol. The van der Waals surface area contributed by atoms with Crippen molar-refractivity contribution in [1.82, 2.24) is 4.98 Å². The highest BCUT2D eigenvalue weighted by Crippen LogP contribution is 2.44. The molecule has 140 valence electrons. The van der Waals surface area contributed by atoms with Crippen LogP contribution in [0.3, 0.4) is 0 Å². The Hall–Kier alpha value is -3.67.